The number of aryl methyl sites for hydroxylation is 1. The van der Waals surface area contributed by atoms with Gasteiger partial charge in [-0.2, -0.15) is 10.2 Å². The highest BCUT2D eigenvalue weighted by molar-refractivity contribution is 7.88. The van der Waals surface area contributed by atoms with Gasteiger partial charge >= 0.3 is 0 Å². The van der Waals surface area contributed by atoms with Crippen molar-refractivity contribution in [2.24, 2.45) is 5.14 Å². The van der Waals surface area contributed by atoms with Crippen molar-refractivity contribution in [3.8, 4) is 17.5 Å². The van der Waals surface area contributed by atoms with E-state index in [0.717, 1.165) is 0 Å². The summed E-state index contributed by atoms with van der Waals surface area (Å²) < 4.78 is 27.1. The van der Waals surface area contributed by atoms with Gasteiger partial charge < -0.3 is 5.32 Å². The van der Waals surface area contributed by atoms with Gasteiger partial charge in [0.25, 0.3) is 11.5 Å². The van der Waals surface area contributed by atoms with Gasteiger partial charge in [0.15, 0.2) is 11.5 Å². The Balaban J connectivity index is 1.43. The Hall–Kier alpha value is -5.58. The number of carbonyl (C=O) groups excluding carboxylic acids is 1. The highest BCUT2D eigenvalue weighted by Crippen LogP contribution is 2.24. The predicted molar refractivity (Wildman–Crippen MR) is 164 cm³/mol. The minimum Gasteiger partial charge on any atom is -0.344 e. The highest BCUT2D eigenvalue weighted by Gasteiger charge is 2.23. The van der Waals surface area contributed by atoms with E-state index in [1.807, 2.05) is 49.4 Å². The molecule has 0 bridgehead atoms. The molecule has 0 aliphatic carbocycles. The first-order valence-corrected chi connectivity index (χ1v) is 15.2. The molecule has 44 heavy (non-hydrogen) atoms. The average Bonchev–Trinajstić information content (AvgIpc) is 3.57. The first-order valence-electron chi connectivity index (χ1n) is 13.5. The van der Waals surface area contributed by atoms with Crippen molar-refractivity contribution in [1.82, 2.24) is 34.3 Å². The van der Waals surface area contributed by atoms with Crippen molar-refractivity contribution in [3.05, 3.63) is 124 Å². The molecular weight excluding hydrogens is 580 g/mol. The van der Waals surface area contributed by atoms with Crippen LogP contribution >= 0.6 is 0 Å². The summed E-state index contributed by atoms with van der Waals surface area (Å²) in [6, 6.07) is 17.5. The zero-order valence-corrected chi connectivity index (χ0v) is 24.5. The summed E-state index contributed by atoms with van der Waals surface area (Å²) in [6.07, 6.45) is 6.22. The molecule has 0 saturated carbocycles. The molecule has 0 saturated heterocycles. The molecule has 2 aromatic carbocycles. The van der Waals surface area contributed by atoms with E-state index in [-0.39, 0.29) is 11.5 Å². The largest absolute Gasteiger partial charge is 0.344 e. The number of para-hydroxylation sites is 1. The number of amides is 1. The molecule has 0 aliphatic rings. The van der Waals surface area contributed by atoms with Gasteiger partial charge in [-0.3, -0.25) is 18.8 Å². The smallest absolute Gasteiger partial charge is 0.264 e. The number of pyridine rings is 1. The van der Waals surface area contributed by atoms with Crippen molar-refractivity contribution in [1.29, 1.82) is 0 Å². The van der Waals surface area contributed by atoms with Crippen molar-refractivity contribution in [3.63, 3.8) is 0 Å². The number of aromatic nitrogens is 6. The Morgan fingerprint density at radius 1 is 1.09 bits per heavy atom. The summed E-state index contributed by atoms with van der Waals surface area (Å²) in [5.41, 5.74) is 3.14. The lowest BCUT2D eigenvalue weighted by molar-refractivity contribution is 0.0939. The summed E-state index contributed by atoms with van der Waals surface area (Å²) in [6.45, 7) is 3.56. The van der Waals surface area contributed by atoms with E-state index in [9.17, 15) is 18.0 Å². The number of primary sulfonamides is 1. The number of benzene rings is 2. The van der Waals surface area contributed by atoms with Gasteiger partial charge in [0.1, 0.15) is 5.56 Å². The van der Waals surface area contributed by atoms with E-state index >= 15 is 0 Å². The van der Waals surface area contributed by atoms with Crippen LogP contribution in [0.25, 0.3) is 22.1 Å². The van der Waals surface area contributed by atoms with Crippen molar-refractivity contribution in [2.45, 2.75) is 25.8 Å². The van der Waals surface area contributed by atoms with Crippen LogP contribution < -0.4 is 16.0 Å². The SMILES string of the molecule is Cc1nn2cccnc2c1C(=O)N[C@@H](C)c1cc2cccc(C#Cc3cnn(CS(N)(=O)=O)c3)c2c(=O)n1-c1ccccc1. The molecule has 0 aliphatic heterocycles. The molecule has 13 heteroatoms. The summed E-state index contributed by atoms with van der Waals surface area (Å²) in [5, 5.41) is 17.5. The number of fused-ring (bicyclic) bond motifs is 2. The van der Waals surface area contributed by atoms with E-state index in [2.05, 4.69) is 32.3 Å². The van der Waals surface area contributed by atoms with Gasteiger partial charge in [-0.15, -0.1) is 0 Å². The fourth-order valence-electron chi connectivity index (χ4n) is 5.08. The van der Waals surface area contributed by atoms with E-state index in [1.54, 1.807) is 46.6 Å². The molecule has 12 nitrogen and oxygen atoms in total. The first-order chi connectivity index (χ1) is 21.1. The lowest BCUT2D eigenvalue weighted by Gasteiger charge is -2.21. The van der Waals surface area contributed by atoms with Gasteiger partial charge in [-0.25, -0.2) is 23.1 Å². The number of nitrogens with two attached hydrogens (primary N) is 1. The Morgan fingerprint density at radius 3 is 2.66 bits per heavy atom. The fourth-order valence-corrected chi connectivity index (χ4v) is 5.59. The molecule has 0 fully saturated rings. The van der Waals surface area contributed by atoms with E-state index < -0.39 is 21.9 Å². The Labute approximate surface area is 251 Å². The van der Waals surface area contributed by atoms with Crippen molar-refractivity contribution >= 4 is 32.4 Å². The molecule has 0 radical (unpaired) electrons. The molecule has 220 valence electrons. The first kappa shape index (κ1) is 28.5. The summed E-state index contributed by atoms with van der Waals surface area (Å²) in [5.74, 6) is 5.16. The van der Waals surface area contributed by atoms with Crippen LogP contribution in [0.15, 0.2) is 90.2 Å². The summed E-state index contributed by atoms with van der Waals surface area (Å²) >= 11 is 0. The molecule has 0 spiro atoms. The molecular formula is C31H26N8O4S. The number of hydrogen-bond donors (Lipinski definition) is 2. The fraction of sp³-hybridized carbons (Fsp3) is 0.129. The average molecular weight is 607 g/mol. The number of nitrogens with one attached hydrogen (secondary N) is 1. The molecule has 4 heterocycles. The maximum Gasteiger partial charge on any atom is 0.264 e. The van der Waals surface area contributed by atoms with Gasteiger partial charge in [0.2, 0.25) is 10.0 Å². The standard InChI is InChI=1S/C31H26N8O4S/c1-20(35-30(40)27-21(2)36-38-15-7-14-33-29(27)38)26-16-24-9-6-8-23(13-12-22-17-34-37(18-22)19-44(32,42)43)28(24)31(41)39(26)25-10-4-3-5-11-25/h3-11,14-18,20H,19H2,1-2H3,(H,35,40)(H2,32,42,43)/t20-/m0/s1. The Bertz CT molecular complexity index is 2290. The van der Waals surface area contributed by atoms with Gasteiger partial charge in [0.05, 0.1) is 28.9 Å². The zero-order chi connectivity index (χ0) is 31.0. The van der Waals surface area contributed by atoms with Crippen LogP contribution in [0.2, 0.25) is 0 Å². The van der Waals surface area contributed by atoms with E-state index in [4.69, 9.17) is 5.14 Å². The van der Waals surface area contributed by atoms with Gasteiger partial charge in [0, 0.05) is 35.5 Å². The number of nitrogens with zero attached hydrogens (tertiary/aromatic N) is 6. The summed E-state index contributed by atoms with van der Waals surface area (Å²) in [7, 11) is -3.77. The lowest BCUT2D eigenvalue weighted by atomic mass is 10.0. The van der Waals surface area contributed by atoms with Gasteiger partial charge in [-0.05, 0) is 49.6 Å². The molecule has 6 aromatic rings. The lowest BCUT2D eigenvalue weighted by Crippen LogP contribution is -2.32. The minimum absolute atomic E-state index is 0.312. The van der Waals surface area contributed by atoms with Crippen LogP contribution in [0.5, 0.6) is 0 Å². The van der Waals surface area contributed by atoms with Crippen molar-refractivity contribution in [2.75, 3.05) is 0 Å². The van der Waals surface area contributed by atoms with Crippen LogP contribution in [0.4, 0.5) is 0 Å². The molecule has 0 unspecified atom stereocenters. The molecule has 1 amide bonds. The van der Waals surface area contributed by atoms with Crippen molar-refractivity contribution < 1.29 is 13.2 Å². The quantitative estimate of drug-likeness (QED) is 0.276. The number of hydrogen-bond acceptors (Lipinski definition) is 7. The molecule has 3 N–H and O–H groups in total. The van der Waals surface area contributed by atoms with E-state index in [1.165, 1.54) is 17.1 Å². The minimum atomic E-state index is -3.77. The monoisotopic (exact) mass is 606 g/mol. The third-order valence-electron chi connectivity index (χ3n) is 6.97. The third-order valence-corrected chi connectivity index (χ3v) is 7.59. The topological polar surface area (TPSA) is 159 Å². The Kier molecular flexibility index (Phi) is 7.30. The molecule has 6 rings (SSSR count). The van der Waals surface area contributed by atoms with Crippen LogP contribution in [0.3, 0.4) is 0 Å². The molecule has 1 atom stereocenters. The third kappa shape index (κ3) is 5.59. The second-order valence-corrected chi connectivity index (χ2v) is 11.8. The second-order valence-electron chi connectivity index (χ2n) is 10.2. The zero-order valence-electron chi connectivity index (χ0n) is 23.7. The van der Waals surface area contributed by atoms with Gasteiger partial charge in [-0.1, -0.05) is 42.2 Å². The summed E-state index contributed by atoms with van der Waals surface area (Å²) in [4.78, 5) is 32.1. The second kappa shape index (κ2) is 11.3. The van der Waals surface area contributed by atoms with Crippen LogP contribution in [-0.4, -0.2) is 43.3 Å². The Morgan fingerprint density at radius 2 is 1.89 bits per heavy atom. The van der Waals surface area contributed by atoms with Crippen LogP contribution in [0.1, 0.15) is 45.8 Å². The highest BCUT2D eigenvalue weighted by atomic mass is 32.2. The van der Waals surface area contributed by atoms with Crippen LogP contribution in [0, 0.1) is 18.8 Å². The predicted octanol–water partition coefficient (Wildman–Crippen LogP) is 2.68. The number of carbonyl (C=O) groups is 1. The molecule has 4 aromatic heterocycles. The number of sulfonamides is 1. The maximum absolute atomic E-state index is 14.3. The normalized spacial score (nSPS) is 12.2. The number of rotatable bonds is 6. The maximum atomic E-state index is 14.3. The van der Waals surface area contributed by atoms with Crippen LogP contribution in [-0.2, 0) is 15.9 Å². The van der Waals surface area contributed by atoms with E-state index in [0.29, 0.717) is 50.2 Å².